The highest BCUT2D eigenvalue weighted by atomic mass is 32.1. The minimum absolute atomic E-state index is 0.221. The van der Waals surface area contributed by atoms with Crippen molar-refractivity contribution in [3.63, 3.8) is 0 Å². The van der Waals surface area contributed by atoms with Crippen LogP contribution in [0.4, 0.5) is 0 Å². The first kappa shape index (κ1) is 11.0. The summed E-state index contributed by atoms with van der Waals surface area (Å²) in [6.45, 7) is 5.42. The third-order valence-corrected chi connectivity index (χ3v) is 3.98. The normalized spacial score (nSPS) is 18.1. The maximum absolute atomic E-state index is 5.77. The van der Waals surface area contributed by atoms with Gasteiger partial charge in [0, 0.05) is 18.0 Å². The van der Waals surface area contributed by atoms with Gasteiger partial charge in [-0.05, 0) is 32.6 Å². The van der Waals surface area contributed by atoms with Crippen molar-refractivity contribution in [3.8, 4) is 0 Å². The predicted molar refractivity (Wildman–Crippen MR) is 61.8 cm³/mol. The van der Waals surface area contributed by atoms with E-state index < -0.39 is 0 Å². The summed E-state index contributed by atoms with van der Waals surface area (Å²) in [4.78, 5) is 5.77. The molecule has 2 N–H and O–H groups in total. The van der Waals surface area contributed by atoms with E-state index in [2.05, 4.69) is 4.98 Å². The van der Waals surface area contributed by atoms with Crippen LogP contribution < -0.4 is 5.73 Å². The van der Waals surface area contributed by atoms with Crippen molar-refractivity contribution in [1.82, 2.24) is 4.98 Å². The molecule has 0 radical (unpaired) electrons. The van der Waals surface area contributed by atoms with Gasteiger partial charge in [-0.1, -0.05) is 0 Å². The lowest BCUT2D eigenvalue weighted by Gasteiger charge is -2.12. The maximum Gasteiger partial charge on any atom is 0.122 e. The highest BCUT2D eigenvalue weighted by molar-refractivity contribution is 7.11. The summed E-state index contributed by atoms with van der Waals surface area (Å²) in [5.41, 5.74) is 6.73. The van der Waals surface area contributed by atoms with Crippen LogP contribution in [0.25, 0.3) is 0 Å². The van der Waals surface area contributed by atoms with E-state index in [1.54, 1.807) is 11.3 Å². The zero-order valence-corrected chi connectivity index (χ0v) is 10.1. The molecule has 0 saturated heterocycles. The van der Waals surface area contributed by atoms with E-state index in [9.17, 15) is 0 Å². The van der Waals surface area contributed by atoms with Crippen molar-refractivity contribution >= 4 is 11.3 Å². The number of aromatic nitrogens is 1. The highest BCUT2D eigenvalue weighted by Crippen LogP contribution is 2.44. The lowest BCUT2D eigenvalue weighted by atomic mass is 10.2. The van der Waals surface area contributed by atoms with Crippen molar-refractivity contribution in [2.24, 2.45) is 11.7 Å². The van der Waals surface area contributed by atoms with Crippen molar-refractivity contribution in [2.45, 2.75) is 39.3 Å². The van der Waals surface area contributed by atoms with Gasteiger partial charge < -0.3 is 10.5 Å². The van der Waals surface area contributed by atoms with Gasteiger partial charge in [-0.3, -0.25) is 0 Å². The van der Waals surface area contributed by atoms with Gasteiger partial charge in [-0.25, -0.2) is 4.98 Å². The molecular weight excluding hydrogens is 208 g/mol. The molecule has 1 atom stereocenters. The molecule has 1 unspecified atom stereocenters. The molecule has 1 aliphatic rings. The number of thiazole rings is 1. The topological polar surface area (TPSA) is 48.1 Å². The molecule has 0 bridgehead atoms. The summed E-state index contributed by atoms with van der Waals surface area (Å²) in [5.74, 6) is 0.695. The molecule has 0 aliphatic heterocycles. The van der Waals surface area contributed by atoms with E-state index in [4.69, 9.17) is 10.5 Å². The Bertz CT molecular complexity index is 333. The van der Waals surface area contributed by atoms with Crippen LogP contribution >= 0.6 is 11.3 Å². The van der Waals surface area contributed by atoms with Crippen LogP contribution in [-0.4, -0.2) is 11.6 Å². The fraction of sp³-hybridized carbons (Fsp3) is 0.727. The molecule has 1 saturated carbocycles. The van der Waals surface area contributed by atoms with Crippen LogP contribution in [-0.2, 0) is 11.3 Å². The first-order valence-corrected chi connectivity index (χ1v) is 6.35. The van der Waals surface area contributed by atoms with Crippen molar-refractivity contribution in [2.75, 3.05) is 6.61 Å². The van der Waals surface area contributed by atoms with Crippen LogP contribution in [0, 0.1) is 12.8 Å². The minimum Gasteiger partial charge on any atom is -0.371 e. The predicted octanol–water partition coefficient (Wildman–Crippen LogP) is 2.40. The lowest BCUT2D eigenvalue weighted by Crippen LogP contribution is -2.05. The summed E-state index contributed by atoms with van der Waals surface area (Å²) >= 11 is 1.71. The second kappa shape index (κ2) is 4.60. The summed E-state index contributed by atoms with van der Waals surface area (Å²) in [6, 6.07) is 0. The number of aryl methyl sites for hydroxylation is 1. The summed E-state index contributed by atoms with van der Waals surface area (Å²) < 4.78 is 5.77. The zero-order chi connectivity index (χ0) is 10.8. The lowest BCUT2D eigenvalue weighted by molar-refractivity contribution is 0.0461. The second-order valence-corrected chi connectivity index (χ2v) is 5.09. The van der Waals surface area contributed by atoms with Gasteiger partial charge in [0.15, 0.2) is 0 Å². The Kier molecular flexibility index (Phi) is 3.38. The third-order valence-electron chi connectivity index (χ3n) is 2.73. The van der Waals surface area contributed by atoms with Gasteiger partial charge in [0.2, 0.25) is 0 Å². The zero-order valence-electron chi connectivity index (χ0n) is 9.32. The molecule has 0 spiro atoms. The van der Waals surface area contributed by atoms with Gasteiger partial charge in [-0.2, -0.15) is 0 Å². The molecule has 1 aliphatic carbocycles. The van der Waals surface area contributed by atoms with E-state index in [0.29, 0.717) is 12.5 Å². The van der Waals surface area contributed by atoms with E-state index in [1.807, 2.05) is 13.8 Å². The second-order valence-electron chi connectivity index (χ2n) is 3.98. The Hall–Kier alpha value is -0.450. The Balaban J connectivity index is 2.17. The van der Waals surface area contributed by atoms with E-state index in [0.717, 1.165) is 17.3 Å². The van der Waals surface area contributed by atoms with Crippen LogP contribution in [0.5, 0.6) is 0 Å². The average Bonchev–Trinajstić information content (AvgIpc) is 2.99. The van der Waals surface area contributed by atoms with E-state index in [-0.39, 0.29) is 6.10 Å². The van der Waals surface area contributed by atoms with Gasteiger partial charge in [0.1, 0.15) is 11.1 Å². The molecular formula is C11H18N2OS. The molecule has 1 heterocycles. The van der Waals surface area contributed by atoms with Crippen LogP contribution in [0.15, 0.2) is 0 Å². The monoisotopic (exact) mass is 226 g/mol. The van der Waals surface area contributed by atoms with Gasteiger partial charge in [-0.15, -0.1) is 11.3 Å². The van der Waals surface area contributed by atoms with Gasteiger partial charge in [0.05, 0.1) is 5.69 Å². The Morgan fingerprint density at radius 3 is 2.80 bits per heavy atom. The number of ether oxygens (including phenoxy) is 1. The molecule has 15 heavy (non-hydrogen) atoms. The number of nitrogens with two attached hydrogens (primary N) is 1. The summed E-state index contributed by atoms with van der Waals surface area (Å²) in [7, 11) is 0. The average molecular weight is 226 g/mol. The van der Waals surface area contributed by atoms with E-state index in [1.165, 1.54) is 17.7 Å². The molecule has 3 nitrogen and oxygen atoms in total. The smallest absolute Gasteiger partial charge is 0.122 e. The van der Waals surface area contributed by atoms with Crippen molar-refractivity contribution in [3.05, 3.63) is 15.6 Å². The molecule has 0 aromatic carbocycles. The Morgan fingerprint density at radius 1 is 1.60 bits per heavy atom. The van der Waals surface area contributed by atoms with Crippen molar-refractivity contribution in [1.29, 1.82) is 0 Å². The molecule has 1 aromatic rings. The van der Waals surface area contributed by atoms with E-state index >= 15 is 0 Å². The molecule has 84 valence electrons. The Labute approximate surface area is 94.7 Å². The van der Waals surface area contributed by atoms with Crippen LogP contribution in [0.3, 0.4) is 0 Å². The third kappa shape index (κ3) is 2.38. The van der Waals surface area contributed by atoms with Gasteiger partial charge in [0.25, 0.3) is 0 Å². The first-order chi connectivity index (χ1) is 7.26. The summed E-state index contributed by atoms with van der Waals surface area (Å²) in [6.07, 6.45) is 2.78. The molecule has 1 aromatic heterocycles. The van der Waals surface area contributed by atoms with Gasteiger partial charge >= 0.3 is 0 Å². The molecule has 4 heteroatoms. The number of hydrogen-bond donors (Lipinski definition) is 1. The Morgan fingerprint density at radius 2 is 2.33 bits per heavy atom. The fourth-order valence-electron chi connectivity index (χ4n) is 1.75. The first-order valence-electron chi connectivity index (χ1n) is 5.54. The quantitative estimate of drug-likeness (QED) is 0.838. The van der Waals surface area contributed by atoms with Crippen molar-refractivity contribution < 1.29 is 4.74 Å². The largest absolute Gasteiger partial charge is 0.371 e. The number of hydrogen-bond acceptors (Lipinski definition) is 4. The van der Waals surface area contributed by atoms with Crippen LogP contribution in [0.2, 0.25) is 0 Å². The highest BCUT2D eigenvalue weighted by Gasteiger charge is 2.35. The molecule has 0 amide bonds. The van der Waals surface area contributed by atoms with Crippen LogP contribution in [0.1, 0.15) is 41.4 Å². The number of rotatable bonds is 5. The standard InChI is InChI=1S/C11H18N2OS/c1-3-14-10(8-4-5-8)11-13-7(2)9(6-12)15-11/h8,10H,3-6,12H2,1-2H3. The summed E-state index contributed by atoms with van der Waals surface area (Å²) in [5, 5.41) is 1.12. The fourth-order valence-corrected chi connectivity index (χ4v) is 2.84. The molecule has 2 rings (SSSR count). The maximum atomic E-state index is 5.77. The number of nitrogens with zero attached hydrogens (tertiary/aromatic N) is 1. The SMILES string of the molecule is CCOC(c1nc(C)c(CN)s1)C1CC1. The molecule has 1 fully saturated rings. The minimum atomic E-state index is 0.221.